The molecule has 1 N–H and O–H groups in total. The number of hydrogen-bond acceptors (Lipinski definition) is 2. The second-order valence-electron chi connectivity index (χ2n) is 10.5. The van der Waals surface area contributed by atoms with E-state index in [9.17, 15) is 0 Å². The Morgan fingerprint density at radius 2 is 1.47 bits per heavy atom. The van der Waals surface area contributed by atoms with Crippen LogP contribution < -0.4 is 5.32 Å². The van der Waals surface area contributed by atoms with E-state index in [1.807, 2.05) is 0 Å². The predicted molar refractivity (Wildman–Crippen MR) is 144 cm³/mol. The first-order chi connectivity index (χ1) is 15.7. The lowest BCUT2D eigenvalue weighted by Gasteiger charge is -2.32. The molecular formula is C30H58N2. The first kappa shape index (κ1) is 29.5. The van der Waals surface area contributed by atoms with Crippen LogP contribution in [-0.4, -0.2) is 37.6 Å². The molecule has 0 aromatic heterocycles. The van der Waals surface area contributed by atoms with Crippen LogP contribution in [0.1, 0.15) is 130 Å². The summed E-state index contributed by atoms with van der Waals surface area (Å²) in [7, 11) is 0. The largest absolute Gasteiger partial charge is 0.316 e. The highest BCUT2D eigenvalue weighted by molar-refractivity contribution is 5.04. The molecule has 2 heteroatoms. The number of nitrogens with one attached hydrogen (secondary N) is 1. The molecule has 0 radical (unpaired) electrons. The summed E-state index contributed by atoms with van der Waals surface area (Å²) >= 11 is 0. The molecule has 2 nitrogen and oxygen atoms in total. The standard InChI is InChI=1S/C30H58N2/c1-5-9-12-13-20-29(18-11-7-3)26-31-27-30-21-24-32(25-22-30)23-15-14-19-28(16-8-4)17-10-6-2/h28-31H,5-13,15-18,20-27H2,1-4H3. The minimum absolute atomic E-state index is 0.643. The van der Waals surface area contributed by atoms with Crippen LogP contribution in [0.15, 0.2) is 0 Å². The van der Waals surface area contributed by atoms with Crippen LogP contribution >= 0.6 is 0 Å². The summed E-state index contributed by atoms with van der Waals surface area (Å²) < 4.78 is 0. The van der Waals surface area contributed by atoms with Crippen molar-refractivity contribution >= 4 is 0 Å². The van der Waals surface area contributed by atoms with Crippen LogP contribution in [0.25, 0.3) is 0 Å². The fourth-order valence-corrected chi connectivity index (χ4v) is 5.12. The molecule has 1 rings (SSSR count). The Morgan fingerprint density at radius 3 is 2.16 bits per heavy atom. The van der Waals surface area contributed by atoms with E-state index < -0.39 is 0 Å². The normalized spacial score (nSPS) is 17.1. The lowest BCUT2D eigenvalue weighted by molar-refractivity contribution is 0.184. The summed E-state index contributed by atoms with van der Waals surface area (Å²) in [4.78, 5) is 2.66. The van der Waals surface area contributed by atoms with Gasteiger partial charge in [0.15, 0.2) is 0 Å². The van der Waals surface area contributed by atoms with Gasteiger partial charge in [0.25, 0.3) is 0 Å². The summed E-state index contributed by atoms with van der Waals surface area (Å²) in [5, 5.41) is 3.87. The second kappa shape index (κ2) is 21.0. The lowest BCUT2D eigenvalue weighted by Crippen LogP contribution is -2.38. The average molecular weight is 447 g/mol. The van der Waals surface area contributed by atoms with Gasteiger partial charge in [0.2, 0.25) is 0 Å². The van der Waals surface area contributed by atoms with Crippen molar-refractivity contribution in [3.8, 4) is 11.8 Å². The zero-order chi connectivity index (χ0) is 23.3. The molecule has 0 aromatic rings. The Morgan fingerprint density at radius 1 is 0.781 bits per heavy atom. The van der Waals surface area contributed by atoms with Crippen molar-refractivity contribution in [2.75, 3.05) is 32.7 Å². The van der Waals surface area contributed by atoms with Gasteiger partial charge in [-0.15, -0.1) is 5.92 Å². The maximum absolute atomic E-state index is 3.87. The van der Waals surface area contributed by atoms with E-state index in [2.05, 4.69) is 49.8 Å². The van der Waals surface area contributed by atoms with Crippen molar-refractivity contribution < 1.29 is 0 Å². The van der Waals surface area contributed by atoms with Crippen LogP contribution in [0, 0.1) is 29.6 Å². The zero-order valence-corrected chi connectivity index (χ0v) is 22.5. The summed E-state index contributed by atoms with van der Waals surface area (Å²) in [6, 6.07) is 0. The fourth-order valence-electron chi connectivity index (χ4n) is 5.12. The molecule has 0 spiro atoms. The number of unbranched alkanes of at least 4 members (excludes halogenated alkanes) is 5. The second-order valence-corrected chi connectivity index (χ2v) is 10.5. The molecule has 1 fully saturated rings. The summed E-state index contributed by atoms with van der Waals surface area (Å²) in [6.45, 7) is 15.4. The number of nitrogens with zero attached hydrogens (tertiary/aromatic N) is 1. The molecule has 0 aromatic carbocycles. The molecule has 0 aliphatic carbocycles. The van der Waals surface area contributed by atoms with Gasteiger partial charge in [0, 0.05) is 18.9 Å². The molecule has 2 unspecified atom stereocenters. The lowest BCUT2D eigenvalue weighted by atomic mass is 9.93. The third kappa shape index (κ3) is 15.3. The van der Waals surface area contributed by atoms with Crippen LogP contribution in [0.5, 0.6) is 0 Å². The Hall–Kier alpha value is -0.520. The number of hydrogen-bond donors (Lipinski definition) is 1. The smallest absolute Gasteiger partial charge is 0.0217 e. The highest BCUT2D eigenvalue weighted by atomic mass is 15.1. The van der Waals surface area contributed by atoms with Crippen LogP contribution in [-0.2, 0) is 0 Å². The van der Waals surface area contributed by atoms with E-state index in [1.54, 1.807) is 0 Å². The molecule has 0 saturated carbocycles. The summed E-state index contributed by atoms with van der Waals surface area (Å²) in [5.74, 6) is 9.54. The first-order valence-corrected chi connectivity index (χ1v) is 14.6. The monoisotopic (exact) mass is 446 g/mol. The molecule has 0 amide bonds. The van der Waals surface area contributed by atoms with E-state index in [1.165, 1.54) is 129 Å². The minimum Gasteiger partial charge on any atom is -0.316 e. The Balaban J connectivity index is 2.19. The van der Waals surface area contributed by atoms with Gasteiger partial charge in [0.05, 0.1) is 0 Å². The first-order valence-electron chi connectivity index (χ1n) is 14.6. The van der Waals surface area contributed by atoms with Gasteiger partial charge in [-0.2, -0.15) is 0 Å². The fraction of sp³-hybridized carbons (Fsp3) is 0.933. The number of piperidine rings is 1. The predicted octanol–water partition coefficient (Wildman–Crippen LogP) is 8.06. The Labute approximate surface area is 203 Å². The molecule has 1 saturated heterocycles. The van der Waals surface area contributed by atoms with Gasteiger partial charge < -0.3 is 10.2 Å². The van der Waals surface area contributed by atoms with E-state index in [0.717, 1.165) is 18.3 Å². The third-order valence-corrected chi connectivity index (χ3v) is 7.41. The molecule has 0 bridgehead atoms. The van der Waals surface area contributed by atoms with E-state index in [0.29, 0.717) is 5.92 Å². The van der Waals surface area contributed by atoms with Crippen molar-refractivity contribution in [3.63, 3.8) is 0 Å². The SMILES string of the molecule is CCCCCCC(CCCC)CNCC1CCN(CCC#CC(CCC)CCCC)CC1. The average Bonchev–Trinajstić information content (AvgIpc) is 2.81. The van der Waals surface area contributed by atoms with Gasteiger partial charge in [-0.25, -0.2) is 0 Å². The van der Waals surface area contributed by atoms with Gasteiger partial charge >= 0.3 is 0 Å². The van der Waals surface area contributed by atoms with E-state index in [4.69, 9.17) is 0 Å². The van der Waals surface area contributed by atoms with Crippen LogP contribution in [0.2, 0.25) is 0 Å². The van der Waals surface area contributed by atoms with Gasteiger partial charge in [-0.05, 0) is 76.5 Å². The summed E-state index contributed by atoms with van der Waals surface area (Å²) in [5.41, 5.74) is 0. The highest BCUT2D eigenvalue weighted by Gasteiger charge is 2.19. The zero-order valence-electron chi connectivity index (χ0n) is 22.5. The van der Waals surface area contributed by atoms with Crippen LogP contribution in [0.4, 0.5) is 0 Å². The van der Waals surface area contributed by atoms with Crippen molar-refractivity contribution in [3.05, 3.63) is 0 Å². The Bertz CT molecular complexity index is 455. The van der Waals surface area contributed by atoms with Crippen LogP contribution in [0.3, 0.4) is 0 Å². The topological polar surface area (TPSA) is 15.3 Å². The highest BCUT2D eigenvalue weighted by Crippen LogP contribution is 2.19. The molecule has 1 aliphatic heterocycles. The molecule has 188 valence electrons. The third-order valence-electron chi connectivity index (χ3n) is 7.41. The molecular weight excluding hydrogens is 388 g/mol. The number of likely N-dealkylation sites (tertiary alicyclic amines) is 1. The summed E-state index contributed by atoms with van der Waals surface area (Å²) in [6.07, 6.45) is 21.5. The van der Waals surface area contributed by atoms with Crippen molar-refractivity contribution in [1.82, 2.24) is 10.2 Å². The van der Waals surface area contributed by atoms with E-state index >= 15 is 0 Å². The minimum atomic E-state index is 0.643. The molecule has 32 heavy (non-hydrogen) atoms. The molecule has 1 heterocycles. The molecule has 2 atom stereocenters. The van der Waals surface area contributed by atoms with Gasteiger partial charge in [-0.3, -0.25) is 0 Å². The van der Waals surface area contributed by atoms with Gasteiger partial charge in [-0.1, -0.05) is 91.4 Å². The molecule has 1 aliphatic rings. The Kier molecular flexibility index (Phi) is 19.4. The van der Waals surface area contributed by atoms with Crippen molar-refractivity contribution in [1.29, 1.82) is 0 Å². The maximum atomic E-state index is 3.87. The van der Waals surface area contributed by atoms with Crippen molar-refractivity contribution in [2.45, 2.75) is 130 Å². The maximum Gasteiger partial charge on any atom is 0.0217 e. The number of rotatable bonds is 19. The van der Waals surface area contributed by atoms with E-state index in [-0.39, 0.29) is 0 Å². The van der Waals surface area contributed by atoms with Crippen molar-refractivity contribution in [2.24, 2.45) is 17.8 Å². The quantitative estimate of drug-likeness (QED) is 0.159. The van der Waals surface area contributed by atoms with Gasteiger partial charge in [0.1, 0.15) is 0 Å².